The molecule has 2 aromatic rings. The Labute approximate surface area is 147 Å². The molecule has 1 aromatic heterocycles. The number of hydrogen-bond donors (Lipinski definition) is 0. The number of hydrogen-bond acceptors (Lipinski definition) is 3. The number of rotatable bonds is 3. The standard InChI is InChI=1S/C19H20ClN3O/c1-15-5-6-16(14-17(15)20)7-8-19(24)23-12-10-22(11-13-23)18-4-2-3-9-21-18/h2-9,14H,10-13H2,1H3/b8-7+. The minimum atomic E-state index is 0.0346. The maximum Gasteiger partial charge on any atom is 0.246 e. The molecule has 0 radical (unpaired) electrons. The lowest BCUT2D eigenvalue weighted by molar-refractivity contribution is -0.126. The fourth-order valence-electron chi connectivity index (χ4n) is 2.68. The van der Waals surface area contributed by atoms with Crippen LogP contribution in [0, 0.1) is 6.92 Å². The molecule has 0 bridgehead atoms. The number of carbonyl (C=O) groups is 1. The molecule has 124 valence electrons. The number of carbonyl (C=O) groups excluding carboxylic acids is 1. The van der Waals surface area contributed by atoms with Gasteiger partial charge in [0, 0.05) is 43.5 Å². The van der Waals surface area contributed by atoms with Crippen LogP contribution in [0.25, 0.3) is 6.08 Å². The topological polar surface area (TPSA) is 36.4 Å². The number of amides is 1. The SMILES string of the molecule is Cc1ccc(/C=C/C(=O)N2CCN(c3ccccn3)CC2)cc1Cl. The van der Waals surface area contributed by atoms with Crippen molar-refractivity contribution in [3.63, 3.8) is 0 Å². The van der Waals surface area contributed by atoms with Gasteiger partial charge in [-0.3, -0.25) is 4.79 Å². The van der Waals surface area contributed by atoms with Crippen LogP contribution in [0.2, 0.25) is 5.02 Å². The van der Waals surface area contributed by atoms with Crippen LogP contribution in [0.5, 0.6) is 0 Å². The number of benzene rings is 1. The van der Waals surface area contributed by atoms with Gasteiger partial charge in [-0.15, -0.1) is 0 Å². The van der Waals surface area contributed by atoms with Gasteiger partial charge in [0.25, 0.3) is 0 Å². The van der Waals surface area contributed by atoms with E-state index in [1.165, 1.54) is 0 Å². The van der Waals surface area contributed by atoms with Gasteiger partial charge in [0.05, 0.1) is 0 Å². The molecule has 1 aromatic carbocycles. The van der Waals surface area contributed by atoms with Crippen LogP contribution < -0.4 is 4.90 Å². The summed E-state index contributed by atoms with van der Waals surface area (Å²) in [7, 11) is 0. The van der Waals surface area contributed by atoms with E-state index in [9.17, 15) is 4.79 Å². The van der Waals surface area contributed by atoms with Gasteiger partial charge in [0.15, 0.2) is 0 Å². The Morgan fingerprint density at radius 2 is 1.96 bits per heavy atom. The molecule has 0 unspecified atom stereocenters. The second-order valence-electron chi connectivity index (χ2n) is 5.84. The summed E-state index contributed by atoms with van der Waals surface area (Å²) >= 11 is 6.11. The summed E-state index contributed by atoms with van der Waals surface area (Å²) in [5, 5.41) is 0.716. The van der Waals surface area contributed by atoms with E-state index in [0.29, 0.717) is 18.1 Å². The lowest BCUT2D eigenvalue weighted by Gasteiger charge is -2.34. The summed E-state index contributed by atoms with van der Waals surface area (Å²) in [6.07, 6.45) is 5.23. The molecular formula is C19H20ClN3O. The van der Waals surface area contributed by atoms with E-state index < -0.39 is 0 Å². The van der Waals surface area contributed by atoms with Crippen LogP contribution >= 0.6 is 11.6 Å². The highest BCUT2D eigenvalue weighted by Gasteiger charge is 2.20. The van der Waals surface area contributed by atoms with E-state index in [1.54, 1.807) is 12.3 Å². The predicted molar refractivity (Wildman–Crippen MR) is 98.3 cm³/mol. The molecule has 24 heavy (non-hydrogen) atoms. The van der Waals surface area contributed by atoms with E-state index in [4.69, 9.17) is 11.6 Å². The summed E-state index contributed by atoms with van der Waals surface area (Å²) in [6, 6.07) is 11.7. The van der Waals surface area contributed by atoms with E-state index in [2.05, 4.69) is 9.88 Å². The molecular weight excluding hydrogens is 322 g/mol. The van der Waals surface area contributed by atoms with Crippen LogP contribution in [-0.2, 0) is 4.79 Å². The first kappa shape index (κ1) is 16.5. The monoisotopic (exact) mass is 341 g/mol. The zero-order chi connectivity index (χ0) is 16.9. The van der Waals surface area contributed by atoms with Crippen molar-refractivity contribution in [1.29, 1.82) is 0 Å². The zero-order valence-corrected chi connectivity index (χ0v) is 14.4. The lowest BCUT2D eigenvalue weighted by Crippen LogP contribution is -2.48. The van der Waals surface area contributed by atoms with E-state index in [1.807, 2.05) is 54.3 Å². The quantitative estimate of drug-likeness (QED) is 0.803. The molecule has 1 amide bonds. The molecule has 2 heterocycles. The van der Waals surface area contributed by atoms with Gasteiger partial charge >= 0.3 is 0 Å². The largest absolute Gasteiger partial charge is 0.353 e. The normalized spacial score (nSPS) is 15.1. The molecule has 1 aliphatic rings. The predicted octanol–water partition coefficient (Wildman–Crippen LogP) is 3.41. The summed E-state index contributed by atoms with van der Waals surface area (Å²) in [5.74, 6) is 1.00. The Balaban J connectivity index is 1.57. The maximum absolute atomic E-state index is 12.3. The van der Waals surface area contributed by atoms with Gasteiger partial charge in [0.1, 0.15) is 5.82 Å². The van der Waals surface area contributed by atoms with Crippen molar-refractivity contribution in [3.05, 3.63) is 64.8 Å². The summed E-state index contributed by atoms with van der Waals surface area (Å²) in [4.78, 5) is 20.8. The van der Waals surface area contributed by atoms with Crippen LogP contribution in [0.4, 0.5) is 5.82 Å². The van der Waals surface area contributed by atoms with Crippen LogP contribution in [0.3, 0.4) is 0 Å². The second kappa shape index (κ2) is 7.49. The highest BCUT2D eigenvalue weighted by molar-refractivity contribution is 6.31. The van der Waals surface area contributed by atoms with Crippen LogP contribution in [-0.4, -0.2) is 42.0 Å². The van der Waals surface area contributed by atoms with Crippen molar-refractivity contribution >= 4 is 29.4 Å². The molecule has 0 spiro atoms. The molecule has 1 aliphatic heterocycles. The van der Waals surface area contributed by atoms with Crippen molar-refractivity contribution in [2.45, 2.75) is 6.92 Å². The smallest absolute Gasteiger partial charge is 0.246 e. The Morgan fingerprint density at radius 3 is 2.62 bits per heavy atom. The van der Waals surface area contributed by atoms with Gasteiger partial charge in [0.2, 0.25) is 5.91 Å². The molecule has 1 fully saturated rings. The first-order valence-electron chi connectivity index (χ1n) is 8.02. The minimum absolute atomic E-state index is 0.0346. The Hall–Kier alpha value is -2.33. The number of aryl methyl sites for hydroxylation is 1. The average Bonchev–Trinajstić information content (AvgIpc) is 2.63. The molecule has 1 saturated heterocycles. The maximum atomic E-state index is 12.3. The Morgan fingerprint density at radius 1 is 1.17 bits per heavy atom. The average molecular weight is 342 g/mol. The number of anilines is 1. The van der Waals surface area contributed by atoms with Gasteiger partial charge in [-0.25, -0.2) is 4.98 Å². The van der Waals surface area contributed by atoms with E-state index >= 15 is 0 Å². The fraction of sp³-hybridized carbons (Fsp3) is 0.263. The number of halogens is 1. The number of nitrogens with zero attached hydrogens (tertiary/aromatic N) is 3. The van der Waals surface area contributed by atoms with Crippen molar-refractivity contribution in [3.8, 4) is 0 Å². The van der Waals surface area contributed by atoms with Gasteiger partial charge in [-0.1, -0.05) is 29.8 Å². The summed E-state index contributed by atoms with van der Waals surface area (Å²) < 4.78 is 0. The van der Waals surface area contributed by atoms with Crippen molar-refractivity contribution in [2.24, 2.45) is 0 Å². The fourth-order valence-corrected chi connectivity index (χ4v) is 2.87. The molecule has 0 atom stereocenters. The Bertz CT molecular complexity index is 738. The van der Waals surface area contributed by atoms with E-state index in [0.717, 1.165) is 30.0 Å². The van der Waals surface area contributed by atoms with Crippen molar-refractivity contribution in [1.82, 2.24) is 9.88 Å². The van der Waals surface area contributed by atoms with E-state index in [-0.39, 0.29) is 5.91 Å². The van der Waals surface area contributed by atoms with Gasteiger partial charge < -0.3 is 9.80 Å². The summed E-state index contributed by atoms with van der Waals surface area (Å²) in [6.45, 7) is 4.96. The number of aromatic nitrogens is 1. The second-order valence-corrected chi connectivity index (χ2v) is 6.25. The van der Waals surface area contributed by atoms with Gasteiger partial charge in [-0.05, 0) is 42.3 Å². The number of piperazine rings is 1. The summed E-state index contributed by atoms with van der Waals surface area (Å²) in [5.41, 5.74) is 1.97. The van der Waals surface area contributed by atoms with Crippen LogP contribution in [0.15, 0.2) is 48.7 Å². The zero-order valence-electron chi connectivity index (χ0n) is 13.7. The minimum Gasteiger partial charge on any atom is -0.353 e. The first-order chi connectivity index (χ1) is 11.6. The third kappa shape index (κ3) is 3.95. The van der Waals surface area contributed by atoms with Crippen LogP contribution in [0.1, 0.15) is 11.1 Å². The highest BCUT2D eigenvalue weighted by atomic mass is 35.5. The molecule has 3 rings (SSSR count). The molecule has 5 heteroatoms. The molecule has 0 N–H and O–H groups in total. The van der Waals surface area contributed by atoms with Crippen molar-refractivity contribution < 1.29 is 4.79 Å². The van der Waals surface area contributed by atoms with Gasteiger partial charge in [-0.2, -0.15) is 0 Å². The molecule has 4 nitrogen and oxygen atoms in total. The number of pyridine rings is 1. The lowest BCUT2D eigenvalue weighted by atomic mass is 10.1. The molecule has 0 saturated carbocycles. The third-order valence-electron chi connectivity index (χ3n) is 4.18. The highest BCUT2D eigenvalue weighted by Crippen LogP contribution is 2.18. The third-order valence-corrected chi connectivity index (χ3v) is 4.59. The van der Waals surface area contributed by atoms with Crippen molar-refractivity contribution in [2.75, 3.05) is 31.1 Å². The Kier molecular flexibility index (Phi) is 5.16. The first-order valence-corrected chi connectivity index (χ1v) is 8.40. The molecule has 0 aliphatic carbocycles.